The molecule has 0 amide bonds. The molecule has 0 saturated heterocycles. The molecule has 0 radical (unpaired) electrons. The van der Waals surface area contributed by atoms with E-state index in [9.17, 15) is 15.8 Å². The van der Waals surface area contributed by atoms with E-state index < -0.39 is 0 Å². The van der Waals surface area contributed by atoms with Gasteiger partial charge in [0.2, 0.25) is 0 Å². The van der Waals surface area contributed by atoms with Gasteiger partial charge in [0.05, 0.1) is 68.0 Å². The lowest BCUT2D eigenvalue weighted by Crippen LogP contribution is -1.99. The molecule has 0 aliphatic rings. The zero-order valence-electron chi connectivity index (χ0n) is 30.3. The van der Waals surface area contributed by atoms with Gasteiger partial charge in [-0.1, -0.05) is 84.9 Å². The Morgan fingerprint density at radius 3 is 1.33 bits per heavy atom. The predicted octanol–water partition coefficient (Wildman–Crippen LogP) is 12.3. The quantitative estimate of drug-likeness (QED) is 0.181. The number of fused-ring (bicyclic) bond motifs is 9. The van der Waals surface area contributed by atoms with E-state index in [1.54, 1.807) is 0 Å². The Morgan fingerprint density at radius 1 is 0.298 bits per heavy atom. The molecule has 6 heteroatoms. The molecule has 3 heterocycles. The van der Waals surface area contributed by atoms with Gasteiger partial charge in [0.1, 0.15) is 0 Å². The molecule has 0 fully saturated rings. The maximum Gasteiger partial charge on any atom is 0.0998 e. The minimum Gasteiger partial charge on any atom is -0.309 e. The number of nitrogens with zero attached hydrogens (tertiary/aromatic N) is 6. The second kappa shape index (κ2) is 12.3. The SMILES string of the molecule is N#Cc1ccc2c(c1)c1ccccc1n2-c1ccc(-c2cc(-n3c4ccccc4c4ccc(-n5c6ccccc6c6ccccc65)cc43)ccc2C#N)c(C#N)c1. The van der Waals surface area contributed by atoms with Crippen LogP contribution in [0.2, 0.25) is 0 Å². The van der Waals surface area contributed by atoms with E-state index in [1.807, 2.05) is 66.7 Å². The molecule has 0 unspecified atom stereocenters. The number of para-hydroxylation sites is 4. The van der Waals surface area contributed by atoms with Crippen molar-refractivity contribution in [3.8, 4) is 46.4 Å². The minimum absolute atomic E-state index is 0.455. The molecule has 0 atom stereocenters. The van der Waals surface area contributed by atoms with E-state index >= 15 is 0 Å². The van der Waals surface area contributed by atoms with Gasteiger partial charge in [-0.05, 0) is 84.9 Å². The summed E-state index contributed by atoms with van der Waals surface area (Å²) in [6.07, 6.45) is 0. The summed E-state index contributed by atoms with van der Waals surface area (Å²) in [5, 5.41) is 37.4. The molecular formula is C51H28N6. The summed E-state index contributed by atoms with van der Waals surface area (Å²) >= 11 is 0. The van der Waals surface area contributed by atoms with Crippen LogP contribution in [0.3, 0.4) is 0 Å². The topological polar surface area (TPSA) is 86.2 Å². The Morgan fingerprint density at radius 2 is 0.754 bits per heavy atom. The van der Waals surface area contributed by atoms with E-state index in [4.69, 9.17) is 0 Å². The van der Waals surface area contributed by atoms with Crippen molar-refractivity contribution in [3.05, 3.63) is 187 Å². The predicted molar refractivity (Wildman–Crippen MR) is 229 cm³/mol. The summed E-state index contributed by atoms with van der Waals surface area (Å²) in [6, 6.07) is 64.8. The van der Waals surface area contributed by atoms with Gasteiger partial charge in [0.25, 0.3) is 0 Å². The molecule has 11 aromatic rings. The monoisotopic (exact) mass is 724 g/mol. The highest BCUT2D eigenvalue weighted by Gasteiger charge is 2.20. The van der Waals surface area contributed by atoms with E-state index in [2.05, 4.69) is 135 Å². The van der Waals surface area contributed by atoms with Crippen molar-refractivity contribution < 1.29 is 0 Å². The zero-order chi connectivity index (χ0) is 38.2. The summed E-state index contributed by atoms with van der Waals surface area (Å²) in [5.74, 6) is 0. The van der Waals surface area contributed by atoms with E-state index in [0.29, 0.717) is 27.8 Å². The molecule has 11 rings (SSSR count). The van der Waals surface area contributed by atoms with Crippen LogP contribution in [0.4, 0.5) is 0 Å². The van der Waals surface area contributed by atoms with Gasteiger partial charge in [-0.15, -0.1) is 0 Å². The number of nitriles is 3. The first-order valence-corrected chi connectivity index (χ1v) is 18.7. The highest BCUT2D eigenvalue weighted by molar-refractivity contribution is 6.12. The van der Waals surface area contributed by atoms with Gasteiger partial charge in [-0.2, -0.15) is 15.8 Å². The second-order valence-electron chi connectivity index (χ2n) is 14.3. The second-order valence-corrected chi connectivity index (χ2v) is 14.3. The molecule has 8 aromatic carbocycles. The minimum atomic E-state index is 0.455. The molecule has 0 saturated carbocycles. The van der Waals surface area contributed by atoms with Crippen molar-refractivity contribution >= 4 is 65.4 Å². The van der Waals surface area contributed by atoms with Crippen LogP contribution in [0, 0.1) is 34.0 Å². The fourth-order valence-corrected chi connectivity index (χ4v) is 8.89. The third-order valence-electron chi connectivity index (χ3n) is 11.4. The standard InChI is InChI=1S/C51H28N6/c52-29-32-17-24-50-45(25-32)42-12-4-8-16-49(42)55(50)35-20-22-38(34(26-35)31-54)44-27-36(19-18-33(44)30-53)57-48-15-7-3-11-41(48)43-23-21-37(28-51(43)57)56-46-13-5-1-9-39(46)40-10-2-6-14-47(40)56/h1-28H. The largest absolute Gasteiger partial charge is 0.309 e. The van der Waals surface area contributed by atoms with Crippen LogP contribution >= 0.6 is 0 Å². The molecule has 0 aliphatic carbocycles. The number of rotatable bonds is 4. The van der Waals surface area contributed by atoms with Crippen molar-refractivity contribution in [2.75, 3.05) is 0 Å². The maximum absolute atomic E-state index is 10.7. The summed E-state index contributed by atoms with van der Waals surface area (Å²) in [7, 11) is 0. The fraction of sp³-hybridized carbons (Fsp3) is 0. The van der Waals surface area contributed by atoms with Crippen LogP contribution in [0.25, 0.3) is 93.6 Å². The van der Waals surface area contributed by atoms with Crippen molar-refractivity contribution in [1.82, 2.24) is 13.7 Å². The molecule has 0 aliphatic heterocycles. The molecule has 3 aromatic heterocycles. The highest BCUT2D eigenvalue weighted by Crippen LogP contribution is 2.39. The van der Waals surface area contributed by atoms with E-state index in [-0.39, 0.29) is 0 Å². The fourth-order valence-electron chi connectivity index (χ4n) is 8.89. The van der Waals surface area contributed by atoms with Gasteiger partial charge >= 0.3 is 0 Å². The van der Waals surface area contributed by atoms with Crippen molar-refractivity contribution in [3.63, 3.8) is 0 Å². The maximum atomic E-state index is 10.7. The number of hydrogen-bond acceptors (Lipinski definition) is 3. The average Bonchev–Trinajstić information content (AvgIpc) is 3.91. The Kier molecular flexibility index (Phi) is 6.95. The average molecular weight is 725 g/mol. The lowest BCUT2D eigenvalue weighted by Gasteiger charge is -2.15. The van der Waals surface area contributed by atoms with Crippen LogP contribution in [0.1, 0.15) is 16.7 Å². The number of hydrogen-bond donors (Lipinski definition) is 0. The molecule has 0 spiro atoms. The third-order valence-corrected chi connectivity index (χ3v) is 11.4. The van der Waals surface area contributed by atoms with Gasteiger partial charge in [0.15, 0.2) is 0 Å². The number of aromatic nitrogens is 3. The Labute approximate surface area is 326 Å². The molecule has 6 nitrogen and oxygen atoms in total. The van der Waals surface area contributed by atoms with Crippen LogP contribution in [-0.2, 0) is 0 Å². The summed E-state index contributed by atoms with van der Waals surface area (Å²) in [6.45, 7) is 0. The lowest BCUT2D eigenvalue weighted by atomic mass is 9.95. The molecule has 0 bridgehead atoms. The van der Waals surface area contributed by atoms with Crippen LogP contribution in [0.15, 0.2) is 170 Å². The van der Waals surface area contributed by atoms with Gasteiger partial charge in [-0.25, -0.2) is 0 Å². The Balaban J connectivity index is 1.11. The van der Waals surface area contributed by atoms with Crippen molar-refractivity contribution in [2.45, 2.75) is 0 Å². The van der Waals surface area contributed by atoms with Crippen LogP contribution in [0.5, 0.6) is 0 Å². The smallest absolute Gasteiger partial charge is 0.0998 e. The van der Waals surface area contributed by atoms with E-state index in [0.717, 1.165) is 71.7 Å². The normalized spacial score (nSPS) is 11.5. The summed E-state index contributed by atoms with van der Waals surface area (Å²) in [5.41, 5.74) is 11.9. The van der Waals surface area contributed by atoms with Gasteiger partial charge in [-0.3, -0.25) is 0 Å². The van der Waals surface area contributed by atoms with Gasteiger partial charge in [0, 0.05) is 60.5 Å². The number of benzene rings is 8. The first kappa shape index (κ1) is 32.1. The summed E-state index contributed by atoms with van der Waals surface area (Å²) < 4.78 is 6.72. The molecular weight excluding hydrogens is 697 g/mol. The molecule has 0 N–H and O–H groups in total. The highest BCUT2D eigenvalue weighted by atomic mass is 15.0. The Bertz CT molecular complexity index is 3580. The first-order chi connectivity index (χ1) is 28.1. The van der Waals surface area contributed by atoms with Crippen LogP contribution < -0.4 is 0 Å². The summed E-state index contributed by atoms with van der Waals surface area (Å²) in [4.78, 5) is 0. The van der Waals surface area contributed by atoms with Crippen molar-refractivity contribution in [1.29, 1.82) is 15.8 Å². The Hall–Kier alpha value is -8.37. The third kappa shape index (κ3) is 4.68. The van der Waals surface area contributed by atoms with E-state index in [1.165, 1.54) is 10.8 Å². The van der Waals surface area contributed by atoms with Crippen molar-refractivity contribution in [2.24, 2.45) is 0 Å². The van der Waals surface area contributed by atoms with Crippen LogP contribution in [-0.4, -0.2) is 13.7 Å². The molecule has 57 heavy (non-hydrogen) atoms. The molecule has 262 valence electrons. The zero-order valence-corrected chi connectivity index (χ0v) is 30.3. The van der Waals surface area contributed by atoms with Gasteiger partial charge < -0.3 is 13.7 Å². The lowest BCUT2D eigenvalue weighted by molar-refractivity contribution is 1.15. The first-order valence-electron chi connectivity index (χ1n) is 18.7.